The average molecular weight is 270 g/mol. The smallest absolute Gasteiger partial charge is 0.322 e. The lowest BCUT2D eigenvalue weighted by Crippen LogP contribution is -2.55. The molecule has 1 fully saturated rings. The summed E-state index contributed by atoms with van der Waals surface area (Å²) in [5, 5.41) is 11.2. The fourth-order valence-corrected chi connectivity index (χ4v) is 2.93. The van der Waals surface area contributed by atoms with E-state index in [4.69, 9.17) is 5.11 Å². The number of nitrogens with one attached hydrogen (secondary N) is 1. The topological polar surface area (TPSA) is 69.6 Å². The molecule has 0 spiro atoms. The van der Waals surface area contributed by atoms with Crippen molar-refractivity contribution in [3.8, 4) is 0 Å². The van der Waals surface area contributed by atoms with Gasteiger partial charge in [-0.1, -0.05) is 27.2 Å². The van der Waals surface area contributed by atoms with Crippen LogP contribution in [0.3, 0.4) is 0 Å². The number of carbonyl (C=O) groups excluding carboxylic acids is 1. The maximum atomic E-state index is 12.2. The number of amides is 1. The van der Waals surface area contributed by atoms with E-state index in [1.54, 1.807) is 0 Å². The number of piperidine rings is 1. The summed E-state index contributed by atoms with van der Waals surface area (Å²) in [7, 11) is 0. The zero-order chi connectivity index (χ0) is 14.4. The van der Waals surface area contributed by atoms with Crippen molar-refractivity contribution in [1.82, 2.24) is 10.2 Å². The van der Waals surface area contributed by atoms with Crippen molar-refractivity contribution in [1.29, 1.82) is 0 Å². The van der Waals surface area contributed by atoms with Gasteiger partial charge in [-0.3, -0.25) is 14.5 Å². The molecule has 0 saturated carbocycles. The second-order valence-corrected chi connectivity index (χ2v) is 5.60. The standard InChI is InChI=1S/C14H26N2O3/c1-4-11-7-5-6-8-16(11)13(10(2)3)14(19)15-9-12(17)18/h10-11,13H,4-9H2,1-3H3,(H,15,19)(H,17,18). The first kappa shape index (κ1) is 16.0. The van der Waals surface area contributed by atoms with Gasteiger partial charge >= 0.3 is 5.97 Å². The Morgan fingerprint density at radius 2 is 2.05 bits per heavy atom. The first-order valence-corrected chi connectivity index (χ1v) is 7.22. The summed E-state index contributed by atoms with van der Waals surface area (Å²) in [6.07, 6.45) is 4.50. The molecule has 0 bridgehead atoms. The van der Waals surface area contributed by atoms with Gasteiger partial charge in [-0.15, -0.1) is 0 Å². The van der Waals surface area contributed by atoms with Crippen molar-refractivity contribution in [3.63, 3.8) is 0 Å². The van der Waals surface area contributed by atoms with E-state index in [2.05, 4.69) is 17.1 Å². The Bertz CT molecular complexity index is 318. The van der Waals surface area contributed by atoms with Crippen molar-refractivity contribution in [2.75, 3.05) is 13.1 Å². The van der Waals surface area contributed by atoms with Crippen LogP contribution in [-0.2, 0) is 9.59 Å². The molecule has 1 saturated heterocycles. The van der Waals surface area contributed by atoms with Crippen LogP contribution in [0.15, 0.2) is 0 Å². The van der Waals surface area contributed by atoms with E-state index in [0.717, 1.165) is 25.8 Å². The summed E-state index contributed by atoms with van der Waals surface area (Å²) < 4.78 is 0. The van der Waals surface area contributed by atoms with Crippen LogP contribution in [0.25, 0.3) is 0 Å². The van der Waals surface area contributed by atoms with Crippen LogP contribution in [0.1, 0.15) is 46.5 Å². The molecule has 2 N–H and O–H groups in total. The summed E-state index contributed by atoms with van der Waals surface area (Å²) in [5.41, 5.74) is 0. The Kier molecular flexibility index (Phi) is 6.28. The number of carboxylic acids is 1. The summed E-state index contributed by atoms with van der Waals surface area (Å²) in [6.45, 7) is 6.82. The molecule has 2 atom stereocenters. The molecule has 5 heteroatoms. The van der Waals surface area contributed by atoms with Gasteiger partial charge in [0.2, 0.25) is 5.91 Å². The summed E-state index contributed by atoms with van der Waals surface area (Å²) in [4.78, 5) is 25.1. The predicted octanol–water partition coefficient (Wildman–Crippen LogP) is 1.48. The maximum absolute atomic E-state index is 12.2. The maximum Gasteiger partial charge on any atom is 0.322 e. The van der Waals surface area contributed by atoms with E-state index in [0.29, 0.717) is 6.04 Å². The summed E-state index contributed by atoms with van der Waals surface area (Å²) >= 11 is 0. The second-order valence-electron chi connectivity index (χ2n) is 5.60. The minimum absolute atomic E-state index is 0.155. The van der Waals surface area contributed by atoms with Gasteiger partial charge in [0.15, 0.2) is 0 Å². The van der Waals surface area contributed by atoms with E-state index in [9.17, 15) is 9.59 Å². The lowest BCUT2D eigenvalue weighted by Gasteiger charge is -2.41. The molecule has 0 aromatic carbocycles. The number of aliphatic carboxylic acids is 1. The van der Waals surface area contributed by atoms with Crippen LogP contribution >= 0.6 is 0 Å². The van der Waals surface area contributed by atoms with Gasteiger partial charge < -0.3 is 10.4 Å². The molecule has 0 aliphatic carbocycles. The molecule has 1 aliphatic heterocycles. The van der Waals surface area contributed by atoms with Gasteiger partial charge in [0, 0.05) is 6.04 Å². The van der Waals surface area contributed by atoms with Crippen LogP contribution in [0.2, 0.25) is 0 Å². The molecule has 0 radical (unpaired) electrons. The number of carboxylic acid groups (broad SMARTS) is 1. The number of hydrogen-bond donors (Lipinski definition) is 2. The number of hydrogen-bond acceptors (Lipinski definition) is 3. The highest BCUT2D eigenvalue weighted by atomic mass is 16.4. The van der Waals surface area contributed by atoms with Gasteiger partial charge in [0.1, 0.15) is 6.54 Å². The van der Waals surface area contributed by atoms with E-state index >= 15 is 0 Å². The van der Waals surface area contributed by atoms with Crippen molar-refractivity contribution >= 4 is 11.9 Å². The highest BCUT2D eigenvalue weighted by molar-refractivity contribution is 5.85. The third-order valence-corrected chi connectivity index (χ3v) is 3.82. The molecule has 0 aromatic heterocycles. The molecule has 1 amide bonds. The minimum Gasteiger partial charge on any atom is -0.480 e. The molecule has 2 unspecified atom stereocenters. The Morgan fingerprint density at radius 3 is 2.58 bits per heavy atom. The van der Waals surface area contributed by atoms with Crippen LogP contribution in [0, 0.1) is 5.92 Å². The van der Waals surface area contributed by atoms with E-state index in [1.165, 1.54) is 6.42 Å². The summed E-state index contributed by atoms with van der Waals surface area (Å²) in [5.74, 6) is -0.972. The molecule has 19 heavy (non-hydrogen) atoms. The SMILES string of the molecule is CCC1CCCCN1C(C(=O)NCC(=O)O)C(C)C. The van der Waals surface area contributed by atoms with Crippen LogP contribution in [0.4, 0.5) is 0 Å². The second kappa shape index (κ2) is 7.48. The van der Waals surface area contributed by atoms with Gasteiger partial charge in [-0.05, 0) is 31.7 Å². The molecular formula is C14H26N2O3. The zero-order valence-corrected chi connectivity index (χ0v) is 12.2. The third-order valence-electron chi connectivity index (χ3n) is 3.82. The highest BCUT2D eigenvalue weighted by Crippen LogP contribution is 2.25. The van der Waals surface area contributed by atoms with Gasteiger partial charge in [0.25, 0.3) is 0 Å². The van der Waals surface area contributed by atoms with Crippen molar-refractivity contribution in [2.45, 2.75) is 58.5 Å². The molecule has 1 aliphatic rings. The van der Waals surface area contributed by atoms with Crippen LogP contribution in [-0.4, -0.2) is 47.1 Å². The Morgan fingerprint density at radius 1 is 1.37 bits per heavy atom. The highest BCUT2D eigenvalue weighted by Gasteiger charge is 2.34. The quantitative estimate of drug-likeness (QED) is 0.767. The first-order valence-electron chi connectivity index (χ1n) is 7.22. The fourth-order valence-electron chi connectivity index (χ4n) is 2.93. The minimum atomic E-state index is -0.999. The third kappa shape index (κ3) is 4.49. The van der Waals surface area contributed by atoms with Gasteiger partial charge in [-0.25, -0.2) is 0 Å². The van der Waals surface area contributed by atoms with Crippen LogP contribution < -0.4 is 5.32 Å². The molecule has 110 valence electrons. The molecular weight excluding hydrogens is 244 g/mol. The molecule has 0 aromatic rings. The Labute approximate surface area is 115 Å². The largest absolute Gasteiger partial charge is 0.480 e. The van der Waals surface area contributed by atoms with Crippen LogP contribution in [0.5, 0.6) is 0 Å². The average Bonchev–Trinajstić information content (AvgIpc) is 2.36. The van der Waals surface area contributed by atoms with Crippen molar-refractivity contribution in [3.05, 3.63) is 0 Å². The number of carbonyl (C=O) groups is 2. The molecule has 1 heterocycles. The lowest BCUT2D eigenvalue weighted by atomic mass is 9.93. The zero-order valence-electron chi connectivity index (χ0n) is 12.2. The number of nitrogens with zero attached hydrogens (tertiary/aromatic N) is 1. The lowest BCUT2D eigenvalue weighted by molar-refractivity contribution is -0.139. The Hall–Kier alpha value is -1.10. The first-order chi connectivity index (χ1) is 8.97. The van der Waals surface area contributed by atoms with E-state index in [1.807, 2.05) is 13.8 Å². The van der Waals surface area contributed by atoms with Crippen molar-refractivity contribution in [2.24, 2.45) is 5.92 Å². The van der Waals surface area contributed by atoms with Gasteiger partial charge in [-0.2, -0.15) is 0 Å². The molecule has 5 nitrogen and oxygen atoms in total. The molecule has 1 rings (SSSR count). The van der Waals surface area contributed by atoms with Gasteiger partial charge in [0.05, 0.1) is 6.04 Å². The fraction of sp³-hybridized carbons (Fsp3) is 0.857. The predicted molar refractivity (Wildman–Crippen MR) is 73.9 cm³/mol. The monoisotopic (exact) mass is 270 g/mol. The Balaban J connectivity index is 2.74. The van der Waals surface area contributed by atoms with E-state index in [-0.39, 0.29) is 24.4 Å². The van der Waals surface area contributed by atoms with Crippen molar-refractivity contribution < 1.29 is 14.7 Å². The number of likely N-dealkylation sites (tertiary alicyclic amines) is 1. The summed E-state index contributed by atoms with van der Waals surface area (Å²) in [6, 6.07) is 0.223. The number of rotatable bonds is 6. The normalized spacial score (nSPS) is 22.2. The van der Waals surface area contributed by atoms with E-state index < -0.39 is 5.97 Å².